The van der Waals surface area contributed by atoms with Gasteiger partial charge in [-0.25, -0.2) is 0 Å². The lowest BCUT2D eigenvalue weighted by molar-refractivity contribution is 0.0827. The molecule has 0 saturated carbocycles. The maximum atomic E-state index is 12.8. The number of rotatable bonds is 14. The molecule has 0 fully saturated rings. The number of allylic oxidation sites excluding steroid dienone is 1. The Hall–Kier alpha value is -3.08. The number of carbonyl (C=O) groups excluding carboxylic acids is 2. The summed E-state index contributed by atoms with van der Waals surface area (Å²) in [6.45, 7) is 7.72. The Labute approximate surface area is 204 Å². The molecule has 0 atom stereocenters. The number of amides is 1. The first-order valence-corrected chi connectivity index (χ1v) is 12.4. The lowest BCUT2D eigenvalue weighted by Gasteiger charge is -2.16. The smallest absolute Gasteiger partial charge is 0.253 e. The second-order valence-corrected chi connectivity index (χ2v) is 8.63. The maximum Gasteiger partial charge on any atom is 0.253 e. The van der Waals surface area contributed by atoms with Crippen LogP contribution in [0.1, 0.15) is 84.7 Å². The van der Waals surface area contributed by atoms with Crippen molar-refractivity contribution in [1.29, 1.82) is 0 Å². The molecule has 0 bridgehead atoms. The average molecular weight is 466 g/mol. The summed E-state index contributed by atoms with van der Waals surface area (Å²) in [5, 5.41) is 0. The van der Waals surface area contributed by atoms with Crippen LogP contribution >= 0.6 is 0 Å². The van der Waals surface area contributed by atoms with Crippen LogP contribution in [0.15, 0.2) is 42.5 Å². The Balaban J connectivity index is 2.30. The van der Waals surface area contributed by atoms with Gasteiger partial charge in [-0.1, -0.05) is 52.2 Å². The van der Waals surface area contributed by atoms with Gasteiger partial charge in [-0.15, -0.1) is 0 Å². The fourth-order valence-electron chi connectivity index (χ4n) is 3.43. The lowest BCUT2D eigenvalue weighted by Crippen LogP contribution is -2.21. The van der Waals surface area contributed by atoms with Crippen LogP contribution in [-0.4, -0.2) is 43.9 Å². The summed E-state index contributed by atoms with van der Waals surface area (Å²) in [4.78, 5) is 26.4. The molecule has 184 valence electrons. The normalized spacial score (nSPS) is 11.0. The van der Waals surface area contributed by atoms with Crippen molar-refractivity contribution in [1.82, 2.24) is 4.90 Å². The van der Waals surface area contributed by atoms with Gasteiger partial charge in [0.25, 0.3) is 5.91 Å². The van der Waals surface area contributed by atoms with Gasteiger partial charge in [-0.05, 0) is 55.2 Å². The highest BCUT2D eigenvalue weighted by atomic mass is 16.5. The van der Waals surface area contributed by atoms with E-state index in [9.17, 15) is 9.59 Å². The van der Waals surface area contributed by atoms with Gasteiger partial charge < -0.3 is 14.4 Å². The first-order valence-electron chi connectivity index (χ1n) is 12.4. The third-order valence-corrected chi connectivity index (χ3v) is 5.46. The summed E-state index contributed by atoms with van der Waals surface area (Å²) in [6.07, 6.45) is 9.37. The van der Waals surface area contributed by atoms with Crippen molar-refractivity contribution < 1.29 is 19.1 Å². The molecule has 5 nitrogen and oxygen atoms in total. The second kappa shape index (κ2) is 14.2. The van der Waals surface area contributed by atoms with E-state index < -0.39 is 0 Å². The predicted octanol–water partition coefficient (Wildman–Crippen LogP) is 6.59. The standard InChI is InChI=1S/C29H39NO4/c1-6-9-18-33-27-21-28(34-19-10-7-2)25(20-24(27)11-8-3)16-17-26(31)22-12-14-23(15-13-22)29(32)30(4)5/h12-17,20-21H,6-11,18-19H2,1-5H3/b17-16+. The zero-order valence-corrected chi connectivity index (χ0v) is 21.4. The topological polar surface area (TPSA) is 55.8 Å². The number of ether oxygens (including phenoxy) is 2. The van der Waals surface area contributed by atoms with E-state index in [1.807, 2.05) is 12.1 Å². The van der Waals surface area contributed by atoms with Crippen molar-refractivity contribution in [2.45, 2.75) is 59.3 Å². The molecular formula is C29H39NO4. The van der Waals surface area contributed by atoms with E-state index in [1.165, 1.54) is 4.90 Å². The molecule has 0 aliphatic rings. The molecule has 0 saturated heterocycles. The van der Waals surface area contributed by atoms with Gasteiger partial charge in [0.05, 0.1) is 13.2 Å². The summed E-state index contributed by atoms with van der Waals surface area (Å²) in [7, 11) is 3.41. The third-order valence-electron chi connectivity index (χ3n) is 5.46. The van der Waals surface area contributed by atoms with E-state index in [4.69, 9.17) is 9.47 Å². The van der Waals surface area contributed by atoms with Gasteiger partial charge in [-0.2, -0.15) is 0 Å². The summed E-state index contributed by atoms with van der Waals surface area (Å²) in [5.41, 5.74) is 3.09. The summed E-state index contributed by atoms with van der Waals surface area (Å²) < 4.78 is 12.1. The summed E-state index contributed by atoms with van der Waals surface area (Å²) in [5.74, 6) is 1.39. The van der Waals surface area contributed by atoms with Crippen molar-refractivity contribution in [3.63, 3.8) is 0 Å². The van der Waals surface area contributed by atoms with Crippen molar-refractivity contribution in [3.05, 3.63) is 64.7 Å². The summed E-state index contributed by atoms with van der Waals surface area (Å²) in [6, 6.07) is 10.8. The fourth-order valence-corrected chi connectivity index (χ4v) is 3.43. The molecular weight excluding hydrogens is 426 g/mol. The zero-order valence-electron chi connectivity index (χ0n) is 21.4. The minimum absolute atomic E-state index is 0.0897. The molecule has 2 rings (SSSR count). The number of hydrogen-bond donors (Lipinski definition) is 0. The minimum atomic E-state index is -0.122. The highest BCUT2D eigenvalue weighted by Crippen LogP contribution is 2.32. The number of hydrogen-bond acceptors (Lipinski definition) is 4. The van der Waals surface area contributed by atoms with Crippen LogP contribution in [0.2, 0.25) is 0 Å². The Morgan fingerprint density at radius 3 is 1.97 bits per heavy atom. The maximum absolute atomic E-state index is 12.8. The Morgan fingerprint density at radius 2 is 1.41 bits per heavy atom. The van der Waals surface area contributed by atoms with Crippen molar-refractivity contribution >= 4 is 17.8 Å². The van der Waals surface area contributed by atoms with E-state index in [1.54, 1.807) is 44.4 Å². The van der Waals surface area contributed by atoms with E-state index in [2.05, 4.69) is 26.8 Å². The van der Waals surface area contributed by atoms with E-state index in [0.29, 0.717) is 24.3 Å². The van der Waals surface area contributed by atoms with Crippen LogP contribution in [0.4, 0.5) is 0 Å². The van der Waals surface area contributed by atoms with Gasteiger partial charge >= 0.3 is 0 Å². The SMILES string of the molecule is CCCCOc1cc(OCCCC)c(CCC)cc1/C=C/C(=O)c1ccc(C(=O)N(C)C)cc1. The van der Waals surface area contributed by atoms with E-state index in [0.717, 1.165) is 61.2 Å². The van der Waals surface area contributed by atoms with Gasteiger partial charge in [0, 0.05) is 36.9 Å². The number of aryl methyl sites for hydroxylation is 1. The van der Waals surface area contributed by atoms with Crippen LogP contribution < -0.4 is 9.47 Å². The second-order valence-electron chi connectivity index (χ2n) is 8.63. The van der Waals surface area contributed by atoms with E-state index in [-0.39, 0.29) is 11.7 Å². The quantitative estimate of drug-likeness (QED) is 0.179. The summed E-state index contributed by atoms with van der Waals surface area (Å²) >= 11 is 0. The highest BCUT2D eigenvalue weighted by Gasteiger charge is 2.13. The van der Waals surface area contributed by atoms with Gasteiger partial charge in [0.1, 0.15) is 11.5 Å². The van der Waals surface area contributed by atoms with Crippen LogP contribution in [0.5, 0.6) is 11.5 Å². The van der Waals surface area contributed by atoms with Gasteiger partial charge in [0.2, 0.25) is 0 Å². The fraction of sp³-hybridized carbons (Fsp3) is 0.448. The van der Waals surface area contributed by atoms with E-state index >= 15 is 0 Å². The molecule has 2 aromatic carbocycles. The molecule has 2 aromatic rings. The number of nitrogens with zero attached hydrogens (tertiary/aromatic N) is 1. The largest absolute Gasteiger partial charge is 0.493 e. The molecule has 0 aliphatic heterocycles. The molecule has 0 spiro atoms. The lowest BCUT2D eigenvalue weighted by atomic mass is 10.0. The average Bonchev–Trinajstić information content (AvgIpc) is 2.84. The third kappa shape index (κ3) is 8.05. The molecule has 0 unspecified atom stereocenters. The van der Waals surface area contributed by atoms with Crippen molar-refractivity contribution in [2.24, 2.45) is 0 Å². The monoisotopic (exact) mass is 465 g/mol. The van der Waals surface area contributed by atoms with Crippen LogP contribution in [0.3, 0.4) is 0 Å². The molecule has 0 aromatic heterocycles. The molecule has 0 aliphatic carbocycles. The minimum Gasteiger partial charge on any atom is -0.493 e. The molecule has 5 heteroatoms. The Kier molecular flexibility index (Phi) is 11.4. The zero-order chi connectivity index (χ0) is 24.9. The number of carbonyl (C=O) groups is 2. The number of ketones is 1. The van der Waals surface area contributed by atoms with Crippen LogP contribution in [0.25, 0.3) is 6.08 Å². The molecule has 0 N–H and O–H groups in total. The van der Waals surface area contributed by atoms with Crippen molar-refractivity contribution in [3.8, 4) is 11.5 Å². The van der Waals surface area contributed by atoms with Crippen LogP contribution in [-0.2, 0) is 6.42 Å². The Morgan fingerprint density at radius 1 is 0.824 bits per heavy atom. The highest BCUT2D eigenvalue weighted by molar-refractivity contribution is 6.07. The predicted molar refractivity (Wildman–Crippen MR) is 139 cm³/mol. The molecule has 0 radical (unpaired) electrons. The van der Waals surface area contributed by atoms with Gasteiger partial charge in [-0.3, -0.25) is 9.59 Å². The molecule has 1 amide bonds. The molecule has 0 heterocycles. The first-order chi connectivity index (χ1) is 16.4. The molecule has 34 heavy (non-hydrogen) atoms. The van der Waals surface area contributed by atoms with Crippen molar-refractivity contribution in [2.75, 3.05) is 27.3 Å². The Bertz CT molecular complexity index is 961. The number of benzene rings is 2. The van der Waals surface area contributed by atoms with Gasteiger partial charge in [0.15, 0.2) is 5.78 Å². The number of unbranched alkanes of at least 4 members (excludes halogenated alkanes) is 2. The van der Waals surface area contributed by atoms with Crippen LogP contribution in [0, 0.1) is 0 Å². The first kappa shape index (κ1) is 27.2.